The second-order valence-electron chi connectivity index (χ2n) is 11.4. The number of likely N-dealkylation sites (tertiary alicyclic amines) is 1. The number of methoxy groups -OCH3 is 1. The zero-order valence-corrected chi connectivity index (χ0v) is 25.6. The van der Waals surface area contributed by atoms with E-state index in [0.717, 1.165) is 30.2 Å². The molecule has 2 aliphatic rings. The lowest BCUT2D eigenvalue weighted by Crippen LogP contribution is -2.56. The monoisotopic (exact) mass is 622 g/mol. The molecule has 0 radical (unpaired) electrons. The number of alkyl halides is 2. The lowest BCUT2D eigenvalue weighted by Gasteiger charge is -2.40. The number of rotatable bonds is 8. The van der Waals surface area contributed by atoms with Gasteiger partial charge in [0.15, 0.2) is 6.10 Å². The van der Waals surface area contributed by atoms with Crippen LogP contribution in [-0.2, 0) is 4.79 Å². The number of anilines is 3. The number of ether oxygens (including phenoxy) is 2. The average molecular weight is 623 g/mol. The summed E-state index contributed by atoms with van der Waals surface area (Å²) in [4.78, 5) is 30.8. The van der Waals surface area contributed by atoms with E-state index in [1.54, 1.807) is 19.2 Å². The van der Waals surface area contributed by atoms with E-state index >= 15 is 0 Å². The molecule has 3 atom stereocenters. The quantitative estimate of drug-likeness (QED) is 0.383. The minimum Gasteiger partial charge on any atom is -0.483 e. The number of benzene rings is 1. The standard InChI is InChI=1S/C31H36F2N8O4/c1-19-16-39(3)11-12-41(19)24-6-8-27(38-29(24)44-4)37-28-14-23(35-18-36-28)21-5-7-25(22(13-21)15-34)45-26-9-10-40(17-31(26,32)33)30(43)20(2)42/h5-8,13-14,18-20,26,42H,9-12,16-17H2,1-4H3,(H,35,36,37,38)/t19-,20?,26?/m0/s1. The van der Waals surface area contributed by atoms with Gasteiger partial charge in [-0.25, -0.2) is 18.7 Å². The number of pyridine rings is 1. The van der Waals surface area contributed by atoms with Crippen LogP contribution in [0.5, 0.6) is 11.6 Å². The van der Waals surface area contributed by atoms with E-state index in [-0.39, 0.29) is 24.3 Å². The molecule has 5 rings (SSSR count). The molecule has 4 heterocycles. The van der Waals surface area contributed by atoms with Crippen LogP contribution in [0.15, 0.2) is 42.7 Å². The molecule has 0 spiro atoms. The number of nitriles is 1. The predicted octanol–water partition coefficient (Wildman–Crippen LogP) is 3.30. The minimum absolute atomic E-state index is 0.000291. The van der Waals surface area contributed by atoms with Crippen LogP contribution < -0.4 is 19.7 Å². The van der Waals surface area contributed by atoms with Crippen molar-refractivity contribution in [2.45, 2.75) is 44.4 Å². The van der Waals surface area contributed by atoms with E-state index in [2.05, 4.69) is 44.0 Å². The summed E-state index contributed by atoms with van der Waals surface area (Å²) < 4.78 is 41.0. The highest BCUT2D eigenvalue weighted by Crippen LogP contribution is 2.35. The lowest BCUT2D eigenvalue weighted by atomic mass is 10.0. The van der Waals surface area contributed by atoms with E-state index in [9.17, 15) is 23.9 Å². The SMILES string of the molecule is COc1nc(Nc2cc(-c3ccc(OC4CCN(C(=O)C(C)O)CC4(F)F)c(C#N)c3)ncn2)ccc1N1CCN(C)C[C@@H]1C. The van der Waals surface area contributed by atoms with Crippen LogP contribution in [0.3, 0.4) is 0 Å². The Labute approximate surface area is 260 Å². The van der Waals surface area contributed by atoms with Crippen LogP contribution in [0, 0.1) is 11.3 Å². The summed E-state index contributed by atoms with van der Waals surface area (Å²) in [6, 6.07) is 12.4. The zero-order valence-electron chi connectivity index (χ0n) is 25.6. The molecule has 2 aliphatic heterocycles. The Morgan fingerprint density at radius 2 is 1.98 bits per heavy atom. The first-order valence-electron chi connectivity index (χ1n) is 14.6. The summed E-state index contributed by atoms with van der Waals surface area (Å²) in [7, 11) is 3.69. The van der Waals surface area contributed by atoms with Crippen molar-refractivity contribution in [3.8, 4) is 29.0 Å². The van der Waals surface area contributed by atoms with E-state index in [1.807, 2.05) is 18.2 Å². The zero-order chi connectivity index (χ0) is 32.3. The molecule has 14 heteroatoms. The third-order valence-corrected chi connectivity index (χ3v) is 7.96. The molecule has 2 N–H and O–H groups in total. The normalized spacial score (nSPS) is 20.7. The van der Waals surface area contributed by atoms with Crippen LogP contribution in [0.1, 0.15) is 25.8 Å². The number of nitrogens with zero attached hydrogens (tertiary/aromatic N) is 7. The first kappa shape index (κ1) is 31.8. The average Bonchev–Trinajstić information content (AvgIpc) is 3.02. The number of aliphatic hydroxyl groups is 1. The Hall–Kier alpha value is -4.61. The van der Waals surface area contributed by atoms with Crippen molar-refractivity contribution in [3.63, 3.8) is 0 Å². The molecule has 0 saturated carbocycles. The number of amides is 1. The van der Waals surface area contributed by atoms with Gasteiger partial charge >= 0.3 is 5.92 Å². The molecule has 0 bridgehead atoms. The fourth-order valence-electron chi connectivity index (χ4n) is 5.63. The maximum atomic E-state index is 14.9. The Kier molecular flexibility index (Phi) is 9.31. The van der Waals surface area contributed by atoms with Gasteiger partial charge in [0, 0.05) is 50.3 Å². The van der Waals surface area contributed by atoms with E-state index in [0.29, 0.717) is 34.8 Å². The van der Waals surface area contributed by atoms with Crippen molar-refractivity contribution in [2.75, 3.05) is 57.1 Å². The molecule has 2 unspecified atom stereocenters. The highest BCUT2D eigenvalue weighted by molar-refractivity contribution is 5.80. The van der Waals surface area contributed by atoms with Gasteiger partial charge in [-0.15, -0.1) is 0 Å². The van der Waals surface area contributed by atoms with Gasteiger partial charge in [-0.2, -0.15) is 10.2 Å². The molecule has 2 saturated heterocycles. The maximum Gasteiger partial charge on any atom is 0.301 e. The number of nitrogens with one attached hydrogen (secondary N) is 1. The van der Waals surface area contributed by atoms with Crippen LogP contribution >= 0.6 is 0 Å². The topological polar surface area (TPSA) is 140 Å². The molecule has 1 aromatic carbocycles. The van der Waals surface area contributed by atoms with Gasteiger partial charge in [0.1, 0.15) is 41.6 Å². The first-order valence-corrected chi connectivity index (χ1v) is 14.6. The summed E-state index contributed by atoms with van der Waals surface area (Å²) >= 11 is 0. The van der Waals surface area contributed by atoms with Crippen molar-refractivity contribution in [1.29, 1.82) is 5.26 Å². The minimum atomic E-state index is -3.38. The first-order chi connectivity index (χ1) is 21.5. The van der Waals surface area contributed by atoms with Crippen molar-refractivity contribution < 1.29 is 28.2 Å². The highest BCUT2D eigenvalue weighted by atomic mass is 19.3. The molecule has 1 amide bonds. The number of halogens is 2. The van der Waals surface area contributed by atoms with Crippen molar-refractivity contribution >= 4 is 23.2 Å². The molecule has 238 valence electrons. The summed E-state index contributed by atoms with van der Waals surface area (Å²) in [5.41, 5.74) is 2.01. The third-order valence-electron chi connectivity index (χ3n) is 7.96. The Balaban J connectivity index is 1.30. The molecule has 12 nitrogen and oxygen atoms in total. The number of carbonyl (C=O) groups excluding carboxylic acids is 1. The predicted molar refractivity (Wildman–Crippen MR) is 163 cm³/mol. The summed E-state index contributed by atoms with van der Waals surface area (Å²) in [6.07, 6.45) is -1.70. The number of hydrogen-bond donors (Lipinski definition) is 2. The van der Waals surface area contributed by atoms with Gasteiger partial charge in [0.2, 0.25) is 5.88 Å². The van der Waals surface area contributed by atoms with Crippen LogP contribution in [-0.4, -0.2) is 107 Å². The van der Waals surface area contributed by atoms with E-state index < -0.39 is 30.6 Å². The van der Waals surface area contributed by atoms with E-state index in [1.165, 1.54) is 25.4 Å². The Morgan fingerprint density at radius 3 is 2.67 bits per heavy atom. The maximum absolute atomic E-state index is 14.9. The highest BCUT2D eigenvalue weighted by Gasteiger charge is 2.48. The molecule has 0 aliphatic carbocycles. The lowest BCUT2D eigenvalue weighted by molar-refractivity contribution is -0.165. The van der Waals surface area contributed by atoms with Gasteiger partial charge < -0.3 is 34.6 Å². The number of aliphatic hydroxyl groups excluding tert-OH is 1. The third kappa shape index (κ3) is 7.05. The number of likely N-dealkylation sites (N-methyl/N-ethyl adjacent to an activating group) is 1. The van der Waals surface area contributed by atoms with Gasteiger partial charge in [-0.05, 0) is 51.2 Å². The summed E-state index contributed by atoms with van der Waals surface area (Å²) in [5, 5.41) is 22.5. The molecule has 2 aromatic heterocycles. The van der Waals surface area contributed by atoms with Crippen molar-refractivity contribution in [1.82, 2.24) is 24.8 Å². The fourth-order valence-corrected chi connectivity index (χ4v) is 5.63. The number of carbonyl (C=O) groups is 1. The molecule has 3 aromatic rings. The van der Waals surface area contributed by atoms with Crippen molar-refractivity contribution in [2.24, 2.45) is 0 Å². The fraction of sp³-hybridized carbons (Fsp3) is 0.452. The molecule has 2 fully saturated rings. The van der Waals surface area contributed by atoms with Crippen molar-refractivity contribution in [3.05, 3.63) is 48.3 Å². The number of piperazine rings is 1. The van der Waals surface area contributed by atoms with Gasteiger partial charge in [0.25, 0.3) is 5.91 Å². The van der Waals surface area contributed by atoms with Gasteiger partial charge in [-0.1, -0.05) is 0 Å². The molecular weight excluding hydrogens is 586 g/mol. The summed E-state index contributed by atoms with van der Waals surface area (Å²) in [5.74, 6) is -2.68. The second-order valence-corrected chi connectivity index (χ2v) is 11.4. The van der Waals surface area contributed by atoms with Crippen LogP contribution in [0.2, 0.25) is 0 Å². The number of hydrogen-bond acceptors (Lipinski definition) is 11. The van der Waals surface area contributed by atoms with Crippen LogP contribution in [0.25, 0.3) is 11.3 Å². The Bertz CT molecular complexity index is 1580. The largest absolute Gasteiger partial charge is 0.483 e. The van der Waals surface area contributed by atoms with Gasteiger partial charge in [-0.3, -0.25) is 4.79 Å². The summed E-state index contributed by atoms with van der Waals surface area (Å²) in [6.45, 7) is 5.26. The number of aromatic nitrogens is 3. The van der Waals surface area contributed by atoms with E-state index in [4.69, 9.17) is 9.47 Å². The van der Waals surface area contributed by atoms with Gasteiger partial charge in [0.05, 0.1) is 24.9 Å². The Morgan fingerprint density at radius 1 is 1.18 bits per heavy atom. The smallest absolute Gasteiger partial charge is 0.301 e. The molecule has 45 heavy (non-hydrogen) atoms. The second kappa shape index (κ2) is 13.2. The van der Waals surface area contributed by atoms with Crippen LogP contribution in [0.4, 0.5) is 26.1 Å². The number of piperidine rings is 1. The molecular formula is C31H36F2N8O4.